The zero-order valence-corrected chi connectivity index (χ0v) is 13.4. The molecule has 1 heteroatoms. The molecule has 0 unspecified atom stereocenters. The van der Waals surface area contributed by atoms with Crippen LogP contribution in [0.4, 0.5) is 0 Å². The van der Waals surface area contributed by atoms with Crippen molar-refractivity contribution in [3.8, 4) is 0 Å². The van der Waals surface area contributed by atoms with E-state index in [1.54, 1.807) is 0 Å². The summed E-state index contributed by atoms with van der Waals surface area (Å²) in [7, 11) is 0. The largest absolute Gasteiger partial charge is 0.273 e. The van der Waals surface area contributed by atoms with Crippen molar-refractivity contribution in [2.75, 3.05) is 0 Å². The van der Waals surface area contributed by atoms with E-state index in [1.165, 1.54) is 12.8 Å². The van der Waals surface area contributed by atoms with E-state index in [-0.39, 0.29) is 25.8 Å². The Morgan fingerprint density at radius 3 is 1.33 bits per heavy atom. The first-order valence-corrected chi connectivity index (χ1v) is 5.35. The van der Waals surface area contributed by atoms with Crippen molar-refractivity contribution in [2.24, 2.45) is 0 Å². The standard InChI is InChI=1S/2C5H5.C4H10.Hf/c2*1-2-4-5-3-1;1-3-4-2;/h2*1-3H,4H2;3-4H2,1-2H3;/q2*-1;;. The molecule has 0 amide bonds. The summed E-state index contributed by atoms with van der Waals surface area (Å²) in [5.74, 6) is 0. The third-order valence-electron chi connectivity index (χ3n) is 1.67. The van der Waals surface area contributed by atoms with Crippen LogP contribution in [0, 0.1) is 12.2 Å². The van der Waals surface area contributed by atoms with Gasteiger partial charge < -0.3 is 0 Å². The molecule has 0 aromatic rings. The minimum absolute atomic E-state index is 0. The molecule has 2 rings (SSSR count). The van der Waals surface area contributed by atoms with Gasteiger partial charge in [0.05, 0.1) is 0 Å². The van der Waals surface area contributed by atoms with E-state index in [1.807, 2.05) is 24.3 Å². The summed E-state index contributed by atoms with van der Waals surface area (Å²) in [5, 5.41) is 0. The number of allylic oxidation sites excluding steroid dienone is 8. The summed E-state index contributed by atoms with van der Waals surface area (Å²) < 4.78 is 0. The van der Waals surface area contributed by atoms with E-state index >= 15 is 0 Å². The van der Waals surface area contributed by atoms with Crippen molar-refractivity contribution in [1.82, 2.24) is 0 Å². The molecular weight excluding hydrogens is 347 g/mol. The van der Waals surface area contributed by atoms with E-state index < -0.39 is 0 Å². The molecule has 0 bridgehead atoms. The maximum Gasteiger partial charge on any atom is 0 e. The maximum absolute atomic E-state index is 2.99. The first kappa shape index (κ1) is 17.2. The van der Waals surface area contributed by atoms with Gasteiger partial charge in [0.2, 0.25) is 0 Å². The van der Waals surface area contributed by atoms with E-state index in [0.29, 0.717) is 0 Å². The second-order valence-corrected chi connectivity index (χ2v) is 3.01. The summed E-state index contributed by atoms with van der Waals surface area (Å²) in [6, 6.07) is 0. The molecule has 0 nitrogen and oxygen atoms in total. The Morgan fingerprint density at radius 1 is 0.867 bits per heavy atom. The topological polar surface area (TPSA) is 0 Å². The Kier molecular flexibility index (Phi) is 18.7. The Bertz CT molecular complexity index is 165. The number of hydrogen-bond donors (Lipinski definition) is 0. The van der Waals surface area contributed by atoms with Crippen molar-refractivity contribution < 1.29 is 25.8 Å². The number of hydrogen-bond acceptors (Lipinski definition) is 0. The van der Waals surface area contributed by atoms with Crippen LogP contribution in [0.3, 0.4) is 0 Å². The molecule has 15 heavy (non-hydrogen) atoms. The summed E-state index contributed by atoms with van der Waals surface area (Å²) in [4.78, 5) is 0. The minimum Gasteiger partial charge on any atom is -0.273 e. The van der Waals surface area contributed by atoms with Gasteiger partial charge in [-0.05, 0) is 0 Å². The van der Waals surface area contributed by atoms with Crippen LogP contribution in [-0.2, 0) is 25.8 Å². The first-order chi connectivity index (χ1) is 6.91. The monoisotopic (exact) mass is 368 g/mol. The van der Waals surface area contributed by atoms with Crippen LogP contribution in [0.15, 0.2) is 36.5 Å². The van der Waals surface area contributed by atoms with Gasteiger partial charge in [-0.15, -0.1) is 12.8 Å². The average Bonchev–Trinajstić information content (AvgIpc) is 2.94. The third-order valence-corrected chi connectivity index (χ3v) is 1.67. The van der Waals surface area contributed by atoms with Gasteiger partial charge in [0.1, 0.15) is 0 Å². The Balaban J connectivity index is 0. The molecule has 0 heterocycles. The van der Waals surface area contributed by atoms with Crippen LogP contribution in [0.1, 0.15) is 39.5 Å². The molecule has 0 atom stereocenters. The second kappa shape index (κ2) is 16.3. The van der Waals surface area contributed by atoms with Gasteiger partial charge in [-0.3, -0.25) is 12.2 Å². The maximum atomic E-state index is 2.99. The zero-order chi connectivity index (χ0) is 10.5. The van der Waals surface area contributed by atoms with E-state index in [2.05, 4.69) is 38.2 Å². The van der Waals surface area contributed by atoms with E-state index in [0.717, 1.165) is 12.8 Å². The van der Waals surface area contributed by atoms with Gasteiger partial charge in [-0.2, -0.15) is 12.2 Å². The van der Waals surface area contributed by atoms with Crippen molar-refractivity contribution >= 4 is 0 Å². The molecule has 82 valence electrons. The Labute approximate surface area is 114 Å². The predicted molar refractivity (Wildman–Crippen MR) is 63.7 cm³/mol. The molecule has 2 aliphatic rings. The average molecular weight is 367 g/mol. The Morgan fingerprint density at radius 2 is 1.27 bits per heavy atom. The van der Waals surface area contributed by atoms with E-state index in [4.69, 9.17) is 0 Å². The quantitative estimate of drug-likeness (QED) is 0.476. The molecular formula is C14H20Hf-2. The molecule has 0 fully saturated rings. The summed E-state index contributed by atoms with van der Waals surface area (Å²) in [6.07, 6.45) is 22.6. The number of unbranched alkanes of at least 4 members (excludes halogenated alkanes) is 1. The van der Waals surface area contributed by atoms with Crippen LogP contribution in [0.2, 0.25) is 0 Å². The van der Waals surface area contributed by atoms with Crippen LogP contribution < -0.4 is 0 Å². The van der Waals surface area contributed by atoms with Gasteiger partial charge in [-0.1, -0.05) is 26.7 Å². The summed E-state index contributed by atoms with van der Waals surface area (Å²) in [5.41, 5.74) is 0. The van der Waals surface area contributed by atoms with Crippen LogP contribution in [-0.4, -0.2) is 0 Å². The fraction of sp³-hybridized carbons (Fsp3) is 0.429. The van der Waals surface area contributed by atoms with Gasteiger partial charge in [0, 0.05) is 25.8 Å². The fourth-order valence-electron chi connectivity index (χ4n) is 0.680. The van der Waals surface area contributed by atoms with Gasteiger partial charge in [-0.25, -0.2) is 24.3 Å². The minimum atomic E-state index is 0. The first-order valence-electron chi connectivity index (χ1n) is 5.35. The predicted octanol–water partition coefficient (Wildman–Crippen LogP) is 4.42. The van der Waals surface area contributed by atoms with Crippen LogP contribution in [0.5, 0.6) is 0 Å². The second-order valence-electron chi connectivity index (χ2n) is 3.01. The van der Waals surface area contributed by atoms with Crippen LogP contribution >= 0.6 is 0 Å². The van der Waals surface area contributed by atoms with Crippen molar-refractivity contribution in [1.29, 1.82) is 0 Å². The molecule has 0 aromatic heterocycles. The van der Waals surface area contributed by atoms with Crippen molar-refractivity contribution in [3.05, 3.63) is 48.6 Å². The van der Waals surface area contributed by atoms with E-state index in [9.17, 15) is 0 Å². The van der Waals surface area contributed by atoms with Gasteiger partial charge in [0.15, 0.2) is 0 Å². The normalized spacial score (nSPS) is 13.7. The molecule has 0 aliphatic heterocycles. The van der Waals surface area contributed by atoms with Crippen LogP contribution in [0.25, 0.3) is 0 Å². The fourth-order valence-corrected chi connectivity index (χ4v) is 0.680. The summed E-state index contributed by atoms with van der Waals surface area (Å²) in [6.45, 7) is 4.36. The summed E-state index contributed by atoms with van der Waals surface area (Å²) >= 11 is 0. The van der Waals surface area contributed by atoms with Crippen molar-refractivity contribution in [3.63, 3.8) is 0 Å². The number of rotatable bonds is 1. The third kappa shape index (κ3) is 16.5. The van der Waals surface area contributed by atoms with Crippen molar-refractivity contribution in [2.45, 2.75) is 39.5 Å². The molecule has 0 aromatic carbocycles. The van der Waals surface area contributed by atoms with Gasteiger partial charge in [0.25, 0.3) is 0 Å². The smallest absolute Gasteiger partial charge is 0 e. The molecule has 0 N–H and O–H groups in total. The Hall–Kier alpha value is -0.170. The molecule has 2 aliphatic carbocycles. The SMILES string of the molecule is CCCC.[C-]1=CC=CC1.[C-]1=CC=CC1.[Hf]. The molecule has 0 spiro atoms. The molecule has 0 radical (unpaired) electrons. The zero-order valence-electron chi connectivity index (χ0n) is 9.79. The van der Waals surface area contributed by atoms with Gasteiger partial charge >= 0.3 is 0 Å². The molecule has 0 saturated carbocycles. The molecule has 0 saturated heterocycles.